The summed E-state index contributed by atoms with van der Waals surface area (Å²) in [5, 5.41) is 9.00. The first-order valence-corrected chi connectivity index (χ1v) is 5.51. The highest BCUT2D eigenvalue weighted by molar-refractivity contribution is 6.45. The van der Waals surface area contributed by atoms with Crippen molar-refractivity contribution < 1.29 is 14.6 Å². The molecule has 1 N–H and O–H groups in total. The van der Waals surface area contributed by atoms with Crippen LogP contribution >= 0.6 is 0 Å². The van der Waals surface area contributed by atoms with Crippen LogP contribution in [-0.2, 0) is 4.74 Å². The van der Waals surface area contributed by atoms with Crippen molar-refractivity contribution >= 4 is 18.9 Å². The van der Waals surface area contributed by atoms with Crippen molar-refractivity contribution in [2.24, 2.45) is 0 Å². The van der Waals surface area contributed by atoms with E-state index in [1.807, 2.05) is 30.3 Å². The van der Waals surface area contributed by atoms with E-state index in [1.165, 1.54) is 7.11 Å². The van der Waals surface area contributed by atoms with Crippen LogP contribution in [0, 0.1) is 0 Å². The van der Waals surface area contributed by atoms with Crippen LogP contribution in [0.3, 0.4) is 0 Å². The van der Waals surface area contributed by atoms with Gasteiger partial charge in [0.05, 0.1) is 12.7 Å². The predicted molar refractivity (Wildman–Crippen MR) is 70.8 cm³/mol. The van der Waals surface area contributed by atoms with Gasteiger partial charge in [0, 0.05) is 0 Å². The molecule has 2 aromatic rings. The van der Waals surface area contributed by atoms with Crippen molar-refractivity contribution in [2.75, 3.05) is 7.11 Å². The molecule has 0 aliphatic heterocycles. The van der Waals surface area contributed by atoms with Crippen LogP contribution in [0.2, 0.25) is 0 Å². The maximum Gasteiger partial charge on any atom is 0.338 e. The molecule has 2 rings (SSSR count). The Hall–Kier alpha value is -2.07. The van der Waals surface area contributed by atoms with Crippen LogP contribution in [0.5, 0.6) is 0 Å². The molecule has 0 aliphatic rings. The third kappa shape index (κ3) is 2.44. The van der Waals surface area contributed by atoms with Gasteiger partial charge in [0.15, 0.2) is 0 Å². The number of carbonyl (C=O) groups excluding carboxylic acids is 1. The second-order valence-corrected chi connectivity index (χ2v) is 3.79. The van der Waals surface area contributed by atoms with E-state index in [0.29, 0.717) is 11.0 Å². The lowest BCUT2D eigenvalue weighted by molar-refractivity contribution is 0.0601. The molecule has 18 heavy (non-hydrogen) atoms. The summed E-state index contributed by atoms with van der Waals surface area (Å²) in [6.07, 6.45) is 0. The van der Waals surface area contributed by atoms with Gasteiger partial charge in [0.25, 0.3) is 0 Å². The van der Waals surface area contributed by atoms with Crippen molar-refractivity contribution in [3.05, 3.63) is 54.1 Å². The van der Waals surface area contributed by atoms with Crippen LogP contribution in [0.1, 0.15) is 10.4 Å². The number of rotatable bonds is 3. The van der Waals surface area contributed by atoms with Gasteiger partial charge in [0.2, 0.25) is 0 Å². The molecule has 0 atom stereocenters. The second kappa shape index (κ2) is 5.51. The normalized spacial score (nSPS) is 9.89. The monoisotopic (exact) mass is 239 g/mol. The average molecular weight is 239 g/mol. The van der Waals surface area contributed by atoms with E-state index >= 15 is 0 Å². The second-order valence-electron chi connectivity index (χ2n) is 3.79. The van der Waals surface area contributed by atoms with Gasteiger partial charge in [-0.3, -0.25) is 0 Å². The molecule has 0 saturated carbocycles. The lowest BCUT2D eigenvalue weighted by Crippen LogP contribution is -2.16. The number of benzene rings is 2. The van der Waals surface area contributed by atoms with Gasteiger partial charge < -0.3 is 9.76 Å². The quantitative estimate of drug-likeness (QED) is 0.650. The minimum Gasteiger partial charge on any atom is -0.465 e. The van der Waals surface area contributed by atoms with E-state index in [0.717, 1.165) is 18.6 Å². The third-order valence-corrected chi connectivity index (χ3v) is 2.68. The summed E-state index contributed by atoms with van der Waals surface area (Å²) in [6, 6.07) is 14.7. The topological polar surface area (TPSA) is 46.5 Å². The molecular formula is C14H12BO3. The van der Waals surface area contributed by atoms with Crippen molar-refractivity contribution in [1.29, 1.82) is 0 Å². The number of methoxy groups -OCH3 is 1. The molecule has 0 aliphatic carbocycles. The largest absolute Gasteiger partial charge is 0.465 e. The SMILES string of the molecule is COC(=O)c1cc([B]O)ccc1-c1ccccc1. The lowest BCUT2D eigenvalue weighted by atomic mass is 9.85. The Morgan fingerprint density at radius 2 is 1.89 bits per heavy atom. The first-order chi connectivity index (χ1) is 8.76. The van der Waals surface area contributed by atoms with E-state index in [4.69, 9.17) is 9.76 Å². The minimum atomic E-state index is -0.419. The fourth-order valence-corrected chi connectivity index (χ4v) is 1.79. The molecule has 0 heterocycles. The Balaban J connectivity index is 2.56. The van der Waals surface area contributed by atoms with Gasteiger partial charge >= 0.3 is 13.5 Å². The van der Waals surface area contributed by atoms with Gasteiger partial charge in [0.1, 0.15) is 0 Å². The highest BCUT2D eigenvalue weighted by atomic mass is 16.5. The van der Waals surface area contributed by atoms with Crippen LogP contribution < -0.4 is 5.46 Å². The van der Waals surface area contributed by atoms with E-state index in [-0.39, 0.29) is 0 Å². The number of ether oxygens (including phenoxy) is 1. The van der Waals surface area contributed by atoms with Crippen LogP contribution in [-0.4, -0.2) is 25.6 Å². The number of hydrogen-bond acceptors (Lipinski definition) is 3. The van der Waals surface area contributed by atoms with Gasteiger partial charge in [-0.2, -0.15) is 0 Å². The number of carbonyl (C=O) groups is 1. The Morgan fingerprint density at radius 1 is 1.17 bits per heavy atom. The zero-order valence-corrected chi connectivity index (χ0v) is 9.96. The van der Waals surface area contributed by atoms with E-state index in [9.17, 15) is 4.79 Å². The highest BCUT2D eigenvalue weighted by Crippen LogP contribution is 2.23. The summed E-state index contributed by atoms with van der Waals surface area (Å²) in [5.41, 5.74) is 2.72. The van der Waals surface area contributed by atoms with Gasteiger partial charge in [-0.15, -0.1) is 0 Å². The molecule has 3 nitrogen and oxygen atoms in total. The molecule has 1 radical (unpaired) electrons. The van der Waals surface area contributed by atoms with Crippen LogP contribution in [0.4, 0.5) is 0 Å². The van der Waals surface area contributed by atoms with Gasteiger partial charge in [-0.25, -0.2) is 4.79 Å². The zero-order chi connectivity index (χ0) is 13.0. The lowest BCUT2D eigenvalue weighted by Gasteiger charge is -2.09. The smallest absolute Gasteiger partial charge is 0.338 e. The average Bonchev–Trinajstić information content (AvgIpc) is 2.46. The Labute approximate surface area is 106 Å². The summed E-state index contributed by atoms with van der Waals surface area (Å²) in [5.74, 6) is -0.419. The maximum absolute atomic E-state index is 11.8. The molecule has 0 saturated heterocycles. The first-order valence-electron chi connectivity index (χ1n) is 5.51. The Kier molecular flexibility index (Phi) is 3.80. The van der Waals surface area contributed by atoms with E-state index in [2.05, 4.69) is 0 Å². The molecule has 4 heteroatoms. The number of hydrogen-bond donors (Lipinski definition) is 1. The van der Waals surface area contributed by atoms with Crippen molar-refractivity contribution in [1.82, 2.24) is 0 Å². The van der Waals surface area contributed by atoms with Crippen molar-refractivity contribution in [2.45, 2.75) is 0 Å². The minimum absolute atomic E-state index is 0.419. The predicted octanol–water partition coefficient (Wildman–Crippen LogP) is 1.38. The van der Waals surface area contributed by atoms with Crippen LogP contribution in [0.15, 0.2) is 48.5 Å². The first kappa shape index (κ1) is 12.4. The summed E-state index contributed by atoms with van der Waals surface area (Å²) in [4.78, 5) is 11.8. The maximum atomic E-state index is 11.8. The summed E-state index contributed by atoms with van der Waals surface area (Å²) in [7, 11) is 2.30. The van der Waals surface area contributed by atoms with E-state index < -0.39 is 5.97 Å². The zero-order valence-electron chi connectivity index (χ0n) is 9.96. The van der Waals surface area contributed by atoms with E-state index in [1.54, 1.807) is 18.2 Å². The Morgan fingerprint density at radius 3 is 2.50 bits per heavy atom. The molecule has 0 bridgehead atoms. The third-order valence-electron chi connectivity index (χ3n) is 2.68. The van der Waals surface area contributed by atoms with Crippen molar-refractivity contribution in [3.8, 4) is 11.1 Å². The fraction of sp³-hybridized carbons (Fsp3) is 0.0714. The molecule has 89 valence electrons. The van der Waals surface area contributed by atoms with Crippen LogP contribution in [0.25, 0.3) is 11.1 Å². The molecule has 0 unspecified atom stereocenters. The standard InChI is InChI=1S/C14H12BO3/c1-18-14(16)13-9-11(15-17)7-8-12(13)10-5-3-2-4-6-10/h2-9,17H,1H3. The van der Waals surface area contributed by atoms with Gasteiger partial charge in [-0.05, 0) is 11.1 Å². The molecule has 0 spiro atoms. The summed E-state index contributed by atoms with van der Waals surface area (Å²) in [6.45, 7) is 0. The van der Waals surface area contributed by atoms with Gasteiger partial charge in [-0.1, -0.05) is 54.0 Å². The number of esters is 1. The summed E-state index contributed by atoms with van der Waals surface area (Å²) >= 11 is 0. The Bertz CT molecular complexity index is 552. The molecule has 0 fully saturated rings. The molecular weight excluding hydrogens is 227 g/mol. The highest BCUT2D eigenvalue weighted by Gasteiger charge is 2.14. The fourth-order valence-electron chi connectivity index (χ4n) is 1.79. The van der Waals surface area contributed by atoms with Crippen molar-refractivity contribution in [3.63, 3.8) is 0 Å². The molecule has 2 aromatic carbocycles. The summed E-state index contributed by atoms with van der Waals surface area (Å²) < 4.78 is 4.76. The molecule has 0 aromatic heterocycles. The molecule has 0 amide bonds.